The minimum Gasteiger partial charge on any atom is -0.456 e. The summed E-state index contributed by atoms with van der Waals surface area (Å²) in [5, 5.41) is 0. The molecule has 10 aromatic carbocycles. The summed E-state index contributed by atoms with van der Waals surface area (Å²) in [6.45, 7) is 0.678. The molecule has 2 fully saturated rings. The summed E-state index contributed by atoms with van der Waals surface area (Å²) in [4.78, 5) is 10.2. The highest BCUT2D eigenvalue weighted by Crippen LogP contribution is 2.48. The van der Waals surface area contributed by atoms with Gasteiger partial charge >= 0.3 is 0 Å². The van der Waals surface area contributed by atoms with E-state index in [0.717, 1.165) is 73.7 Å². The molecule has 10 aromatic rings. The third-order valence-corrected chi connectivity index (χ3v) is 18.8. The second kappa shape index (κ2) is 27.9. The molecule has 2 saturated heterocycles. The van der Waals surface area contributed by atoms with Crippen LogP contribution in [0.25, 0.3) is 22.3 Å². The number of carbonyl (C=O) groups is 1. The molecule has 39 heteroatoms. The molecule has 0 aromatic heterocycles. The largest absolute Gasteiger partial charge is 0.456 e. The second-order valence-electron chi connectivity index (χ2n) is 22.6. The Bertz CT molecular complexity index is 5580. The molecule has 0 amide bonds. The van der Waals surface area contributed by atoms with Crippen LogP contribution in [0.1, 0.15) is 43.7 Å². The van der Waals surface area contributed by atoms with Crippen LogP contribution in [-0.2, 0) is 60.9 Å². The molecule has 558 valence electrons. The number of hydrogen-bond acceptors (Lipinski definition) is 15. The molecule has 0 saturated carbocycles. The number of carbonyl (C=O) groups excluding carboxylic acids is 1. The Morgan fingerprint density at radius 2 is 0.514 bits per heavy atom. The summed E-state index contributed by atoms with van der Waals surface area (Å²) < 4.78 is 419. The third-order valence-electron chi connectivity index (χ3n) is 16.2. The molecule has 0 spiro atoms. The molecule has 0 aliphatic carbocycles. The Hall–Kier alpha value is -10.6. The molecular formula is C68H34F18O18S3. The zero-order valence-corrected chi connectivity index (χ0v) is 54.8. The molecule has 3 N–H and O–H groups in total. The maximum absolute atomic E-state index is 15.3. The number of ketones is 1. The second-order valence-corrected chi connectivity index (χ2v) is 26.8. The number of hydrogen-bond donors (Lipinski definition) is 3. The first kappa shape index (κ1) is 76.0. The lowest BCUT2D eigenvalue weighted by Crippen LogP contribution is -2.28. The van der Waals surface area contributed by atoms with Crippen molar-refractivity contribution >= 4 is 36.1 Å². The number of aryl methyl sites for hydroxylation is 1. The van der Waals surface area contributed by atoms with E-state index in [1.807, 2.05) is 0 Å². The van der Waals surface area contributed by atoms with Crippen LogP contribution in [0, 0.1) is 112 Å². The van der Waals surface area contributed by atoms with Gasteiger partial charge in [0.05, 0.1) is 48.7 Å². The van der Waals surface area contributed by atoms with Gasteiger partial charge in [-0.2, -0.15) is 42.8 Å². The van der Waals surface area contributed by atoms with Gasteiger partial charge in [0.25, 0.3) is 30.4 Å². The van der Waals surface area contributed by atoms with Gasteiger partial charge < -0.3 is 37.9 Å². The van der Waals surface area contributed by atoms with E-state index >= 15 is 35.1 Å². The van der Waals surface area contributed by atoms with Crippen molar-refractivity contribution in [1.82, 2.24) is 0 Å². The lowest BCUT2D eigenvalue weighted by molar-refractivity contribution is -0.130. The van der Waals surface area contributed by atoms with Gasteiger partial charge in [0.1, 0.15) is 37.7 Å². The van der Waals surface area contributed by atoms with Gasteiger partial charge in [-0.25, -0.2) is 61.5 Å². The van der Waals surface area contributed by atoms with E-state index in [0.29, 0.717) is 18.2 Å². The molecule has 0 atom stereocenters. The SMILES string of the molecule is Cc1cc(C(=O)c2cc(S(=O)(=O)O)c(Oc3ccc(C4(c5ccc(Oc6c(F)c(F)c(-c7c(F)c(F)c(F)c(F)c7F)c(F)c6F)cc5)OCCO4)cc3)c(S(=O)(=O)O)c2)cc(S(=O)(=O)O)c1Oc1ccc(C2(c3ccc(Oc4c(F)c(F)c(-c5c(F)c(F)c(F)c(F)c5F)c(F)c4F)cc3)OCCO2)cc1. The van der Waals surface area contributed by atoms with Gasteiger partial charge in [-0.05, 0) is 134 Å². The number of benzene rings is 10. The number of rotatable bonds is 19. The lowest BCUT2D eigenvalue weighted by atomic mass is 9.97. The fraction of sp³-hybridized carbons (Fsp3) is 0.103. The van der Waals surface area contributed by atoms with Crippen LogP contribution in [0.5, 0.6) is 46.0 Å². The molecule has 0 unspecified atom stereocenters. The number of halogens is 18. The highest BCUT2D eigenvalue weighted by Gasteiger charge is 2.44. The van der Waals surface area contributed by atoms with Crippen LogP contribution >= 0.6 is 0 Å². The van der Waals surface area contributed by atoms with E-state index in [4.69, 9.17) is 37.9 Å². The van der Waals surface area contributed by atoms with E-state index < -0.39 is 241 Å². The van der Waals surface area contributed by atoms with Gasteiger partial charge in [0.2, 0.25) is 58.0 Å². The van der Waals surface area contributed by atoms with Crippen LogP contribution in [0.3, 0.4) is 0 Å². The van der Waals surface area contributed by atoms with Crippen molar-refractivity contribution in [3.8, 4) is 68.2 Å². The normalized spacial score (nSPS) is 14.4. The zero-order chi connectivity index (χ0) is 77.8. The van der Waals surface area contributed by atoms with Crippen LogP contribution in [-0.4, -0.2) is 71.1 Å². The maximum atomic E-state index is 15.3. The molecule has 2 heterocycles. The van der Waals surface area contributed by atoms with Gasteiger partial charge in [0.15, 0.2) is 87.1 Å². The Labute approximate surface area is 587 Å². The molecule has 18 nitrogen and oxygen atoms in total. The Kier molecular flexibility index (Phi) is 19.9. The van der Waals surface area contributed by atoms with Crippen molar-refractivity contribution in [3.05, 3.63) is 265 Å². The van der Waals surface area contributed by atoms with E-state index in [1.54, 1.807) is 0 Å². The van der Waals surface area contributed by atoms with Crippen molar-refractivity contribution in [2.45, 2.75) is 33.2 Å². The zero-order valence-electron chi connectivity index (χ0n) is 52.4. The molecule has 12 rings (SSSR count). The molecular weight excluding hydrogens is 1540 g/mol. The van der Waals surface area contributed by atoms with Crippen molar-refractivity contribution in [2.24, 2.45) is 0 Å². The summed E-state index contributed by atoms with van der Waals surface area (Å²) in [6.07, 6.45) is 0. The number of ether oxygens (including phenoxy) is 8. The summed E-state index contributed by atoms with van der Waals surface area (Å²) in [6, 6.07) is 19.9. The van der Waals surface area contributed by atoms with E-state index in [2.05, 4.69) is 0 Å². The first-order valence-corrected chi connectivity index (χ1v) is 33.8. The van der Waals surface area contributed by atoms with E-state index in [-0.39, 0.29) is 60.0 Å². The molecule has 2 aliphatic heterocycles. The van der Waals surface area contributed by atoms with Crippen LogP contribution in [0.2, 0.25) is 0 Å². The fourth-order valence-electron chi connectivity index (χ4n) is 11.3. The van der Waals surface area contributed by atoms with Crippen LogP contribution < -0.4 is 18.9 Å². The summed E-state index contributed by atoms with van der Waals surface area (Å²) in [7, 11) is -16.9. The Morgan fingerprint density at radius 1 is 0.308 bits per heavy atom. The summed E-state index contributed by atoms with van der Waals surface area (Å²) in [5.41, 5.74) is -11.0. The van der Waals surface area contributed by atoms with Crippen LogP contribution in [0.15, 0.2) is 136 Å². The van der Waals surface area contributed by atoms with Crippen molar-refractivity contribution in [3.63, 3.8) is 0 Å². The fourth-order valence-corrected chi connectivity index (χ4v) is 13.4. The first-order valence-electron chi connectivity index (χ1n) is 29.5. The van der Waals surface area contributed by atoms with Gasteiger partial charge in [-0.15, -0.1) is 0 Å². The van der Waals surface area contributed by atoms with Gasteiger partial charge in [0, 0.05) is 33.4 Å². The maximum Gasteiger partial charge on any atom is 0.298 e. The predicted molar refractivity (Wildman–Crippen MR) is 325 cm³/mol. The monoisotopic (exact) mass is 1580 g/mol. The van der Waals surface area contributed by atoms with Crippen LogP contribution in [0.4, 0.5) is 79.0 Å². The average molecular weight is 1580 g/mol. The topological polar surface area (TPSA) is 254 Å². The first-order chi connectivity index (χ1) is 50.2. The minimum atomic E-state index is -5.74. The summed E-state index contributed by atoms with van der Waals surface area (Å²) >= 11 is 0. The lowest BCUT2D eigenvalue weighted by Gasteiger charge is -2.28. The van der Waals surface area contributed by atoms with Crippen molar-refractivity contribution < 1.29 is 161 Å². The van der Waals surface area contributed by atoms with E-state index in [9.17, 15) is 87.6 Å². The highest BCUT2D eigenvalue weighted by molar-refractivity contribution is 7.87. The van der Waals surface area contributed by atoms with E-state index in [1.165, 1.54) is 36.4 Å². The van der Waals surface area contributed by atoms with Gasteiger partial charge in [-0.1, -0.05) is 0 Å². The highest BCUT2D eigenvalue weighted by atomic mass is 32.2. The summed E-state index contributed by atoms with van der Waals surface area (Å²) in [5.74, 6) is -60.8. The Morgan fingerprint density at radius 3 is 0.766 bits per heavy atom. The van der Waals surface area contributed by atoms with Crippen molar-refractivity contribution in [2.75, 3.05) is 26.4 Å². The standard InChI is InChI=1S/C68H34F18O18S3/c1-26-22-27(23-37(105(88,89)90)63(26)101-33-10-2-29(3-11-33)67(97-18-19-98-67)31-6-14-35(15-7-31)103-65-58(83)48(73)42(49(74)59(65)84)40-44(69)52(77)56(81)53(78)45(40)70)62(87)28-24-38(106(91,92)93)64(39(25-28)107(94,95)96)102-34-12-4-30(5-13-34)68(99-20-21-100-68)32-8-16-36(17-9-32)104-66-60(85)50(75)43(51(76)61(66)86)41-46(71)54(79)57(82)55(80)47(41)72/h2-17,22-25H,18-21H2,1H3,(H,88,89,90)(H,91,92,93)(H,94,95,96). The quantitative estimate of drug-likeness (QED) is 0.0224. The molecule has 107 heavy (non-hydrogen) atoms. The molecule has 0 bridgehead atoms. The average Bonchev–Trinajstić information content (AvgIpc) is 1.52. The molecule has 0 radical (unpaired) electrons. The predicted octanol–water partition coefficient (Wildman–Crippen LogP) is 16.5. The molecule has 2 aliphatic rings. The smallest absolute Gasteiger partial charge is 0.298 e. The third kappa shape index (κ3) is 13.4. The van der Waals surface area contributed by atoms with Gasteiger partial charge in [-0.3, -0.25) is 18.5 Å². The Balaban J connectivity index is 0.775. The van der Waals surface area contributed by atoms with Crippen molar-refractivity contribution in [1.29, 1.82) is 0 Å². The minimum absolute atomic E-state index is 0.0166.